The van der Waals surface area contributed by atoms with Crippen LogP contribution in [-0.2, 0) is 13.1 Å². The molecule has 0 aromatic carbocycles. The van der Waals surface area contributed by atoms with Crippen LogP contribution in [0.25, 0.3) is 0 Å². The lowest BCUT2D eigenvalue weighted by atomic mass is 10.3. The lowest BCUT2D eigenvalue weighted by Crippen LogP contribution is -2.18. The molecule has 2 aromatic heterocycles. The number of anilines is 1. The average Bonchev–Trinajstić information content (AvgIpc) is 2.70. The Labute approximate surface area is 129 Å². The molecule has 0 aliphatic rings. The predicted octanol–water partition coefficient (Wildman–Crippen LogP) is 4.35. The first-order chi connectivity index (χ1) is 9.10. The molecule has 0 unspecified atom stereocenters. The van der Waals surface area contributed by atoms with Crippen LogP contribution in [0.2, 0.25) is 4.34 Å². The van der Waals surface area contributed by atoms with E-state index in [1.165, 1.54) is 11.3 Å². The van der Waals surface area contributed by atoms with Gasteiger partial charge in [-0.2, -0.15) is 0 Å². The van der Waals surface area contributed by atoms with Crippen molar-refractivity contribution < 1.29 is 0 Å². The zero-order valence-electron chi connectivity index (χ0n) is 10.5. The maximum atomic E-state index is 11.6. The third-order valence-corrected chi connectivity index (χ3v) is 5.09. The monoisotopic (exact) mass is 360 g/mol. The summed E-state index contributed by atoms with van der Waals surface area (Å²) in [5, 5.41) is 3.30. The van der Waals surface area contributed by atoms with Crippen molar-refractivity contribution in [3.8, 4) is 0 Å². The van der Waals surface area contributed by atoms with E-state index < -0.39 is 0 Å². The molecule has 1 N–H and O–H groups in total. The molecule has 0 radical (unpaired) electrons. The van der Waals surface area contributed by atoms with Crippen LogP contribution in [0.3, 0.4) is 0 Å². The standard InChI is InChI=1S/C13H14BrClN2OS/c1-2-5-17-8-9(3-4-12(17)18)16-7-10-6-11(14)13(15)19-10/h3-4,6,8,16H,2,5,7H2,1H3. The van der Waals surface area contributed by atoms with Crippen LogP contribution in [-0.4, -0.2) is 4.57 Å². The number of nitrogens with one attached hydrogen (secondary N) is 1. The number of nitrogens with zero attached hydrogens (tertiary/aromatic N) is 1. The van der Waals surface area contributed by atoms with Crippen molar-refractivity contribution in [2.24, 2.45) is 0 Å². The van der Waals surface area contributed by atoms with E-state index in [0.717, 1.165) is 32.3 Å². The van der Waals surface area contributed by atoms with Gasteiger partial charge in [0.25, 0.3) is 5.56 Å². The number of rotatable bonds is 5. The first-order valence-corrected chi connectivity index (χ1v) is 7.97. The van der Waals surface area contributed by atoms with E-state index in [0.29, 0.717) is 6.54 Å². The van der Waals surface area contributed by atoms with Crippen LogP contribution in [0.15, 0.2) is 33.7 Å². The van der Waals surface area contributed by atoms with Gasteiger partial charge in [-0.05, 0) is 34.5 Å². The van der Waals surface area contributed by atoms with Gasteiger partial charge in [-0.25, -0.2) is 0 Å². The summed E-state index contributed by atoms with van der Waals surface area (Å²) in [5.74, 6) is 0. The van der Waals surface area contributed by atoms with Crippen LogP contribution in [0.4, 0.5) is 5.69 Å². The summed E-state index contributed by atoms with van der Waals surface area (Å²) in [6, 6.07) is 5.40. The lowest BCUT2D eigenvalue weighted by Gasteiger charge is -2.08. The molecular weight excluding hydrogens is 348 g/mol. The minimum absolute atomic E-state index is 0.0364. The normalized spacial score (nSPS) is 10.7. The zero-order chi connectivity index (χ0) is 13.8. The molecule has 0 spiro atoms. The van der Waals surface area contributed by atoms with Crippen molar-refractivity contribution in [2.75, 3.05) is 5.32 Å². The quantitative estimate of drug-likeness (QED) is 0.859. The molecule has 2 rings (SSSR count). The summed E-state index contributed by atoms with van der Waals surface area (Å²) in [5.41, 5.74) is 0.975. The molecule has 2 aromatic rings. The fraction of sp³-hybridized carbons (Fsp3) is 0.308. The van der Waals surface area contributed by atoms with Crippen molar-refractivity contribution in [3.05, 3.63) is 48.4 Å². The maximum Gasteiger partial charge on any atom is 0.250 e. The largest absolute Gasteiger partial charge is 0.379 e. The number of hydrogen-bond donors (Lipinski definition) is 1. The van der Waals surface area contributed by atoms with Crippen LogP contribution in [0.1, 0.15) is 18.2 Å². The van der Waals surface area contributed by atoms with Gasteiger partial charge in [-0.1, -0.05) is 18.5 Å². The van der Waals surface area contributed by atoms with E-state index in [-0.39, 0.29) is 5.56 Å². The van der Waals surface area contributed by atoms with E-state index >= 15 is 0 Å². The minimum atomic E-state index is 0.0364. The van der Waals surface area contributed by atoms with E-state index in [1.54, 1.807) is 16.7 Å². The van der Waals surface area contributed by atoms with Gasteiger partial charge in [0.05, 0.1) is 5.69 Å². The second-order valence-corrected chi connectivity index (χ2v) is 6.73. The molecule has 19 heavy (non-hydrogen) atoms. The van der Waals surface area contributed by atoms with Gasteiger partial charge in [0.2, 0.25) is 0 Å². The van der Waals surface area contributed by atoms with E-state index in [4.69, 9.17) is 11.6 Å². The summed E-state index contributed by atoms with van der Waals surface area (Å²) >= 11 is 10.9. The Morgan fingerprint density at radius 2 is 2.26 bits per heavy atom. The van der Waals surface area contributed by atoms with Crippen molar-refractivity contribution in [1.82, 2.24) is 4.57 Å². The predicted molar refractivity (Wildman–Crippen MR) is 85.3 cm³/mol. The Balaban J connectivity index is 2.07. The average molecular weight is 362 g/mol. The summed E-state index contributed by atoms with van der Waals surface area (Å²) in [4.78, 5) is 12.7. The molecular formula is C13H14BrClN2OS. The number of thiophene rings is 1. The highest BCUT2D eigenvalue weighted by atomic mass is 79.9. The molecule has 0 atom stereocenters. The van der Waals surface area contributed by atoms with E-state index in [9.17, 15) is 4.79 Å². The molecule has 102 valence electrons. The molecule has 0 saturated carbocycles. The molecule has 2 heterocycles. The topological polar surface area (TPSA) is 34.0 Å². The Kier molecular flexibility index (Phi) is 5.07. The smallest absolute Gasteiger partial charge is 0.250 e. The number of aryl methyl sites for hydroxylation is 1. The molecule has 0 fully saturated rings. The van der Waals surface area contributed by atoms with Crippen LogP contribution in [0.5, 0.6) is 0 Å². The van der Waals surface area contributed by atoms with Gasteiger partial charge in [-0.15, -0.1) is 11.3 Å². The third kappa shape index (κ3) is 3.84. The first kappa shape index (κ1) is 14.6. The van der Waals surface area contributed by atoms with Gasteiger partial charge in [0.15, 0.2) is 0 Å². The highest BCUT2D eigenvalue weighted by Gasteiger charge is 2.04. The summed E-state index contributed by atoms with van der Waals surface area (Å²) < 4.78 is 3.40. The summed E-state index contributed by atoms with van der Waals surface area (Å²) in [6.45, 7) is 3.49. The van der Waals surface area contributed by atoms with Gasteiger partial charge < -0.3 is 9.88 Å². The second-order valence-electron chi connectivity index (χ2n) is 4.14. The fourth-order valence-corrected chi connectivity index (χ4v) is 3.45. The molecule has 0 saturated heterocycles. The fourth-order valence-electron chi connectivity index (χ4n) is 1.72. The molecule has 0 aliphatic carbocycles. The van der Waals surface area contributed by atoms with Gasteiger partial charge >= 0.3 is 0 Å². The number of pyridine rings is 1. The minimum Gasteiger partial charge on any atom is -0.379 e. The third-order valence-electron chi connectivity index (χ3n) is 2.61. The zero-order valence-corrected chi connectivity index (χ0v) is 13.6. The summed E-state index contributed by atoms with van der Waals surface area (Å²) in [6.07, 6.45) is 2.80. The van der Waals surface area contributed by atoms with Crippen LogP contribution >= 0.6 is 38.9 Å². The van der Waals surface area contributed by atoms with Crippen LogP contribution in [0, 0.1) is 0 Å². The van der Waals surface area contributed by atoms with Gasteiger partial charge in [-0.3, -0.25) is 4.79 Å². The molecule has 3 nitrogen and oxygen atoms in total. The van der Waals surface area contributed by atoms with E-state index in [1.807, 2.05) is 12.3 Å². The van der Waals surface area contributed by atoms with E-state index in [2.05, 4.69) is 28.2 Å². The van der Waals surface area contributed by atoms with Gasteiger partial charge in [0, 0.05) is 34.7 Å². The Hall–Kier alpha value is -0.780. The highest BCUT2D eigenvalue weighted by Crippen LogP contribution is 2.32. The Morgan fingerprint density at radius 3 is 2.89 bits per heavy atom. The molecule has 0 amide bonds. The summed E-state index contributed by atoms with van der Waals surface area (Å²) in [7, 11) is 0. The Morgan fingerprint density at radius 1 is 1.47 bits per heavy atom. The lowest BCUT2D eigenvalue weighted by molar-refractivity contribution is 0.655. The van der Waals surface area contributed by atoms with Crippen LogP contribution < -0.4 is 10.9 Å². The number of aromatic nitrogens is 1. The van der Waals surface area contributed by atoms with Gasteiger partial charge in [0.1, 0.15) is 4.34 Å². The van der Waals surface area contributed by atoms with Crippen molar-refractivity contribution >= 4 is 44.6 Å². The molecule has 0 aliphatic heterocycles. The Bertz CT molecular complexity index is 604. The molecule has 6 heteroatoms. The molecule has 0 bridgehead atoms. The van der Waals surface area contributed by atoms with Crippen molar-refractivity contribution in [3.63, 3.8) is 0 Å². The van der Waals surface area contributed by atoms with Crippen molar-refractivity contribution in [1.29, 1.82) is 0 Å². The highest BCUT2D eigenvalue weighted by molar-refractivity contribution is 9.10. The SMILES string of the molecule is CCCn1cc(NCc2cc(Br)c(Cl)s2)ccc1=O. The van der Waals surface area contributed by atoms with Crippen molar-refractivity contribution in [2.45, 2.75) is 26.4 Å². The second kappa shape index (κ2) is 6.59. The maximum absolute atomic E-state index is 11.6. The first-order valence-electron chi connectivity index (χ1n) is 5.98. The number of halogens is 2. The number of hydrogen-bond acceptors (Lipinski definition) is 3.